The van der Waals surface area contributed by atoms with Crippen molar-refractivity contribution in [2.75, 3.05) is 4.90 Å². The summed E-state index contributed by atoms with van der Waals surface area (Å²) in [5.41, 5.74) is 11.9. The van der Waals surface area contributed by atoms with Gasteiger partial charge in [-0.3, -0.25) is 0 Å². The highest BCUT2D eigenvalue weighted by molar-refractivity contribution is 9.10. The fourth-order valence-corrected chi connectivity index (χ4v) is 9.38. The summed E-state index contributed by atoms with van der Waals surface area (Å²) in [4.78, 5) is 2.36. The Labute approximate surface area is 290 Å². The summed E-state index contributed by atoms with van der Waals surface area (Å²) in [5, 5.41) is 2.32. The van der Waals surface area contributed by atoms with Crippen LogP contribution in [0.5, 0.6) is 0 Å². The number of rotatable bonds is 7. The molecular formula is C44H38BrF2N. The zero-order valence-corrected chi connectivity index (χ0v) is 29.4. The molecule has 2 aliphatic rings. The number of anilines is 3. The van der Waals surface area contributed by atoms with Crippen molar-refractivity contribution < 1.29 is 8.78 Å². The van der Waals surface area contributed by atoms with Gasteiger partial charge in [0.15, 0.2) is 0 Å². The second-order valence-electron chi connectivity index (χ2n) is 13.4. The van der Waals surface area contributed by atoms with Crippen LogP contribution in [0, 0.1) is 11.6 Å². The lowest BCUT2D eigenvalue weighted by Crippen LogP contribution is -2.24. The summed E-state index contributed by atoms with van der Waals surface area (Å²) < 4.78 is 30.5. The van der Waals surface area contributed by atoms with E-state index < -0.39 is 0 Å². The Bertz CT molecular complexity index is 2130. The van der Waals surface area contributed by atoms with Crippen LogP contribution in [0.1, 0.15) is 75.6 Å². The molecule has 0 radical (unpaired) electrons. The zero-order chi connectivity index (χ0) is 33.4. The van der Waals surface area contributed by atoms with Gasteiger partial charge in [-0.25, -0.2) is 8.78 Å². The molecule has 0 bridgehead atoms. The number of hydrogen-bond donors (Lipinski definition) is 0. The fourth-order valence-electron chi connectivity index (χ4n) is 9.00. The second-order valence-corrected chi connectivity index (χ2v) is 14.3. The normalized spacial score (nSPS) is 14.8. The maximum atomic E-state index is 14.7. The zero-order valence-electron chi connectivity index (χ0n) is 27.8. The molecule has 0 atom stereocenters. The summed E-state index contributed by atoms with van der Waals surface area (Å²) in [6.45, 7) is 8.87. The first-order valence-electron chi connectivity index (χ1n) is 17.2. The minimum atomic E-state index is -0.271. The van der Waals surface area contributed by atoms with Crippen molar-refractivity contribution in [2.24, 2.45) is 0 Å². The summed E-state index contributed by atoms with van der Waals surface area (Å²) >= 11 is 3.63. The van der Waals surface area contributed by atoms with Crippen molar-refractivity contribution in [2.45, 2.75) is 64.2 Å². The monoisotopic (exact) mass is 697 g/mol. The van der Waals surface area contributed by atoms with Crippen LogP contribution >= 0.6 is 15.9 Å². The van der Waals surface area contributed by atoms with E-state index in [4.69, 9.17) is 0 Å². The van der Waals surface area contributed by atoms with E-state index in [1.807, 2.05) is 12.1 Å². The SMILES string of the molecule is CCC1(CC)c2cc(F)ccc2-c2ccc(N(c3ccc4c(c3)C(CC)(CC)c3cc(F)ccc3-4)c3ccc4cc(Br)ccc4c3)cc21. The van der Waals surface area contributed by atoms with Gasteiger partial charge in [0.25, 0.3) is 0 Å². The van der Waals surface area contributed by atoms with Crippen LogP contribution in [-0.2, 0) is 10.8 Å². The van der Waals surface area contributed by atoms with Crippen LogP contribution in [0.25, 0.3) is 33.0 Å². The Morgan fingerprint density at radius 1 is 0.458 bits per heavy atom. The van der Waals surface area contributed by atoms with Crippen LogP contribution in [0.2, 0.25) is 0 Å². The maximum Gasteiger partial charge on any atom is 0.123 e. The number of nitrogens with zero attached hydrogens (tertiary/aromatic N) is 1. The van der Waals surface area contributed by atoms with Crippen molar-refractivity contribution >= 4 is 43.8 Å². The van der Waals surface area contributed by atoms with E-state index in [1.54, 1.807) is 24.3 Å². The van der Waals surface area contributed by atoms with E-state index in [2.05, 4.69) is 121 Å². The molecule has 0 aliphatic heterocycles. The number of fused-ring (bicyclic) bond motifs is 7. The van der Waals surface area contributed by atoms with Crippen molar-refractivity contribution in [3.63, 3.8) is 0 Å². The van der Waals surface area contributed by atoms with Gasteiger partial charge in [-0.15, -0.1) is 0 Å². The Morgan fingerprint density at radius 3 is 1.31 bits per heavy atom. The third kappa shape index (κ3) is 4.38. The second kappa shape index (κ2) is 11.4. The van der Waals surface area contributed by atoms with E-state index in [9.17, 15) is 8.78 Å². The molecule has 0 amide bonds. The topological polar surface area (TPSA) is 3.24 Å². The lowest BCUT2D eigenvalue weighted by molar-refractivity contribution is 0.486. The summed E-state index contributed by atoms with van der Waals surface area (Å²) in [5.74, 6) is -0.376. The van der Waals surface area contributed by atoms with E-state index in [0.717, 1.165) is 80.2 Å². The molecule has 0 unspecified atom stereocenters. The van der Waals surface area contributed by atoms with Gasteiger partial charge in [-0.05, 0) is 154 Å². The van der Waals surface area contributed by atoms with Gasteiger partial charge >= 0.3 is 0 Å². The van der Waals surface area contributed by atoms with E-state index >= 15 is 0 Å². The average Bonchev–Trinajstić information content (AvgIpc) is 3.53. The molecule has 0 spiro atoms. The first-order valence-corrected chi connectivity index (χ1v) is 18.0. The van der Waals surface area contributed by atoms with Crippen molar-refractivity contribution in [1.29, 1.82) is 0 Å². The third-order valence-corrected chi connectivity index (χ3v) is 12.1. The molecule has 0 fully saturated rings. The first-order chi connectivity index (χ1) is 23.3. The van der Waals surface area contributed by atoms with Gasteiger partial charge < -0.3 is 4.90 Å². The predicted octanol–water partition coefficient (Wildman–Crippen LogP) is 13.5. The highest BCUT2D eigenvalue weighted by Gasteiger charge is 2.43. The average molecular weight is 699 g/mol. The number of halogens is 3. The third-order valence-electron chi connectivity index (χ3n) is 11.6. The van der Waals surface area contributed by atoms with Crippen LogP contribution in [0.15, 0.2) is 114 Å². The standard InChI is InChI=1S/C44H38BrF2N/c1-5-43(6-2)39-23-30(46)12-17-35(39)37-19-15-33(25-41(37)43)48(32-14-10-27-21-29(45)11-9-28(27)22-32)34-16-20-38-36-18-13-31(47)24-40(36)44(7-3,8-4)42(38)26-34/h9-26H,5-8H2,1-4H3. The van der Waals surface area contributed by atoms with Crippen LogP contribution in [0.4, 0.5) is 25.8 Å². The highest BCUT2D eigenvalue weighted by atomic mass is 79.9. The fraction of sp³-hybridized carbons (Fsp3) is 0.227. The molecule has 240 valence electrons. The van der Waals surface area contributed by atoms with Gasteiger partial charge in [0.2, 0.25) is 0 Å². The van der Waals surface area contributed by atoms with Gasteiger partial charge in [0.05, 0.1) is 0 Å². The largest absolute Gasteiger partial charge is 0.310 e. The molecular weight excluding hydrogens is 660 g/mol. The minimum Gasteiger partial charge on any atom is -0.310 e. The van der Waals surface area contributed by atoms with Gasteiger partial charge in [-0.1, -0.05) is 80.0 Å². The summed E-state index contributed by atoms with van der Waals surface area (Å²) in [6.07, 6.45) is 3.52. The maximum absolute atomic E-state index is 14.7. The van der Waals surface area contributed by atoms with E-state index in [1.165, 1.54) is 22.3 Å². The molecule has 8 rings (SSSR count). The van der Waals surface area contributed by atoms with Crippen LogP contribution in [-0.4, -0.2) is 0 Å². The molecule has 0 heterocycles. The Hall–Kier alpha value is -4.28. The van der Waals surface area contributed by atoms with Gasteiger partial charge in [0, 0.05) is 32.4 Å². The van der Waals surface area contributed by atoms with Crippen molar-refractivity contribution in [3.8, 4) is 22.3 Å². The molecule has 0 aromatic heterocycles. The molecule has 0 saturated heterocycles. The lowest BCUT2D eigenvalue weighted by Gasteiger charge is -2.33. The molecule has 2 aliphatic carbocycles. The summed E-state index contributed by atoms with van der Waals surface area (Å²) in [6, 6.07) is 37.2. The highest BCUT2D eigenvalue weighted by Crippen LogP contribution is 2.56. The lowest BCUT2D eigenvalue weighted by atomic mass is 9.73. The van der Waals surface area contributed by atoms with Gasteiger partial charge in [0.1, 0.15) is 11.6 Å². The number of hydrogen-bond acceptors (Lipinski definition) is 1. The van der Waals surface area contributed by atoms with E-state index in [-0.39, 0.29) is 22.5 Å². The quantitative estimate of drug-likeness (QED) is 0.160. The Balaban J connectivity index is 1.36. The van der Waals surface area contributed by atoms with Crippen molar-refractivity contribution in [1.82, 2.24) is 0 Å². The predicted molar refractivity (Wildman–Crippen MR) is 200 cm³/mol. The number of benzene rings is 6. The molecule has 1 nitrogen and oxygen atoms in total. The molecule has 4 heteroatoms. The molecule has 0 N–H and O–H groups in total. The molecule has 48 heavy (non-hydrogen) atoms. The van der Waals surface area contributed by atoms with Gasteiger partial charge in [-0.2, -0.15) is 0 Å². The van der Waals surface area contributed by atoms with Crippen LogP contribution in [0.3, 0.4) is 0 Å². The Morgan fingerprint density at radius 2 is 0.833 bits per heavy atom. The van der Waals surface area contributed by atoms with Crippen molar-refractivity contribution in [3.05, 3.63) is 148 Å². The smallest absolute Gasteiger partial charge is 0.123 e. The molecule has 6 aromatic carbocycles. The molecule has 6 aromatic rings. The Kier molecular flexibility index (Phi) is 7.37. The first kappa shape index (κ1) is 31.0. The van der Waals surface area contributed by atoms with E-state index in [0.29, 0.717) is 0 Å². The minimum absolute atomic E-state index is 0.188. The summed E-state index contributed by atoms with van der Waals surface area (Å²) in [7, 11) is 0. The van der Waals surface area contributed by atoms with Crippen LogP contribution < -0.4 is 4.90 Å². The molecule has 0 saturated carbocycles.